The number of benzene rings is 2. The highest BCUT2D eigenvalue weighted by atomic mass is 16.5. The van der Waals surface area contributed by atoms with Gasteiger partial charge < -0.3 is 9.64 Å². The lowest BCUT2D eigenvalue weighted by atomic mass is 10.1. The summed E-state index contributed by atoms with van der Waals surface area (Å²) in [6.07, 6.45) is 0. The minimum Gasteiger partial charge on any atom is -0.497 e. The van der Waals surface area contributed by atoms with Gasteiger partial charge >= 0.3 is 0 Å². The van der Waals surface area contributed by atoms with Crippen molar-refractivity contribution in [2.45, 2.75) is 26.8 Å². The molecule has 0 amide bonds. The highest BCUT2D eigenvalue weighted by molar-refractivity contribution is 5.67. The number of nitrogens with zero attached hydrogens (tertiary/aromatic N) is 1. The topological polar surface area (TPSA) is 12.5 Å². The Bertz CT molecular complexity index is 531. The molecule has 0 saturated carbocycles. The van der Waals surface area contributed by atoms with Crippen molar-refractivity contribution in [3.63, 3.8) is 0 Å². The van der Waals surface area contributed by atoms with Gasteiger partial charge in [0.15, 0.2) is 0 Å². The van der Waals surface area contributed by atoms with E-state index in [0.29, 0.717) is 6.04 Å². The van der Waals surface area contributed by atoms with E-state index in [9.17, 15) is 0 Å². The molecule has 0 bridgehead atoms. The summed E-state index contributed by atoms with van der Waals surface area (Å²) in [5, 5.41) is 0. The standard InChI is InChI=1S/C17H21NO/c1-13(2)18(17-8-6-5-7-14(17)3)15-9-11-16(19-4)12-10-15/h5-13H,1-4H3. The van der Waals surface area contributed by atoms with Crippen LogP contribution in [0.1, 0.15) is 19.4 Å². The number of para-hydroxylation sites is 1. The molecule has 0 aromatic heterocycles. The lowest BCUT2D eigenvalue weighted by Gasteiger charge is -2.30. The minimum absolute atomic E-state index is 0.398. The number of hydrogen-bond acceptors (Lipinski definition) is 2. The molecule has 0 spiro atoms. The van der Waals surface area contributed by atoms with Crippen LogP contribution in [0, 0.1) is 6.92 Å². The molecule has 2 aromatic rings. The molecule has 0 radical (unpaired) electrons. The molecule has 0 heterocycles. The first kappa shape index (κ1) is 13.5. The SMILES string of the molecule is COc1ccc(N(c2ccccc2C)C(C)C)cc1. The number of anilines is 2. The average Bonchev–Trinajstić information content (AvgIpc) is 2.42. The predicted octanol–water partition coefficient (Wildman–Crippen LogP) is 4.55. The molecule has 0 saturated heterocycles. The molecule has 2 aromatic carbocycles. The Morgan fingerprint density at radius 1 is 0.947 bits per heavy atom. The number of hydrogen-bond donors (Lipinski definition) is 0. The van der Waals surface area contributed by atoms with Crippen molar-refractivity contribution in [1.29, 1.82) is 0 Å². The second kappa shape index (κ2) is 5.79. The normalized spacial score (nSPS) is 10.6. The Balaban J connectivity index is 2.43. The largest absolute Gasteiger partial charge is 0.497 e. The second-order valence-corrected chi connectivity index (χ2v) is 4.95. The monoisotopic (exact) mass is 255 g/mol. The molecule has 0 aliphatic carbocycles. The molecule has 0 aliphatic rings. The molecule has 100 valence electrons. The van der Waals surface area contributed by atoms with E-state index in [-0.39, 0.29) is 0 Å². The van der Waals surface area contributed by atoms with Gasteiger partial charge in [0.05, 0.1) is 7.11 Å². The molecule has 2 rings (SSSR count). The van der Waals surface area contributed by atoms with Gasteiger partial charge in [0.2, 0.25) is 0 Å². The molecule has 19 heavy (non-hydrogen) atoms. The van der Waals surface area contributed by atoms with Crippen molar-refractivity contribution in [2.75, 3.05) is 12.0 Å². The van der Waals surface area contributed by atoms with Gasteiger partial charge in [-0.25, -0.2) is 0 Å². The number of methoxy groups -OCH3 is 1. The summed E-state index contributed by atoms with van der Waals surface area (Å²) in [6.45, 7) is 6.56. The fourth-order valence-corrected chi connectivity index (χ4v) is 2.29. The number of aryl methyl sites for hydroxylation is 1. The zero-order valence-electron chi connectivity index (χ0n) is 12.1. The van der Waals surface area contributed by atoms with Crippen molar-refractivity contribution in [2.24, 2.45) is 0 Å². The fraction of sp³-hybridized carbons (Fsp3) is 0.294. The van der Waals surface area contributed by atoms with Crippen molar-refractivity contribution in [3.8, 4) is 5.75 Å². The van der Waals surface area contributed by atoms with Crippen LogP contribution >= 0.6 is 0 Å². The molecular formula is C17H21NO. The summed E-state index contributed by atoms with van der Waals surface area (Å²) in [4.78, 5) is 2.34. The van der Waals surface area contributed by atoms with Gasteiger partial charge in [-0.1, -0.05) is 18.2 Å². The molecule has 0 unspecified atom stereocenters. The van der Waals surface area contributed by atoms with E-state index >= 15 is 0 Å². The molecular weight excluding hydrogens is 234 g/mol. The highest BCUT2D eigenvalue weighted by Gasteiger charge is 2.14. The van der Waals surface area contributed by atoms with Gasteiger partial charge in [0, 0.05) is 17.4 Å². The Hall–Kier alpha value is -1.96. The summed E-state index contributed by atoms with van der Waals surface area (Å²) < 4.78 is 5.22. The molecule has 0 fully saturated rings. The number of rotatable bonds is 4. The van der Waals surface area contributed by atoms with Crippen LogP contribution < -0.4 is 9.64 Å². The van der Waals surface area contributed by atoms with Crippen LogP contribution in [-0.2, 0) is 0 Å². The Morgan fingerprint density at radius 3 is 2.11 bits per heavy atom. The van der Waals surface area contributed by atoms with Crippen LogP contribution in [0.15, 0.2) is 48.5 Å². The van der Waals surface area contributed by atoms with Crippen LogP contribution in [0.5, 0.6) is 5.75 Å². The van der Waals surface area contributed by atoms with Crippen LogP contribution in [0.3, 0.4) is 0 Å². The van der Waals surface area contributed by atoms with E-state index < -0.39 is 0 Å². The Morgan fingerprint density at radius 2 is 1.58 bits per heavy atom. The van der Waals surface area contributed by atoms with E-state index in [1.165, 1.54) is 16.9 Å². The third-order valence-electron chi connectivity index (χ3n) is 3.24. The quantitative estimate of drug-likeness (QED) is 0.794. The first-order valence-corrected chi connectivity index (χ1v) is 6.62. The summed E-state index contributed by atoms with van der Waals surface area (Å²) in [5.74, 6) is 0.886. The maximum absolute atomic E-state index is 5.22. The molecule has 2 heteroatoms. The van der Waals surface area contributed by atoms with E-state index in [0.717, 1.165) is 5.75 Å². The lowest BCUT2D eigenvalue weighted by molar-refractivity contribution is 0.415. The van der Waals surface area contributed by atoms with E-state index in [2.05, 4.69) is 62.1 Å². The van der Waals surface area contributed by atoms with Crippen LogP contribution in [0.25, 0.3) is 0 Å². The second-order valence-electron chi connectivity index (χ2n) is 4.95. The zero-order chi connectivity index (χ0) is 13.8. The predicted molar refractivity (Wildman–Crippen MR) is 81.4 cm³/mol. The van der Waals surface area contributed by atoms with Crippen molar-refractivity contribution in [1.82, 2.24) is 0 Å². The maximum Gasteiger partial charge on any atom is 0.119 e. The first-order valence-electron chi connectivity index (χ1n) is 6.62. The molecule has 0 aliphatic heterocycles. The van der Waals surface area contributed by atoms with Gasteiger partial charge in [-0.15, -0.1) is 0 Å². The van der Waals surface area contributed by atoms with Crippen molar-refractivity contribution < 1.29 is 4.74 Å². The van der Waals surface area contributed by atoms with E-state index in [4.69, 9.17) is 4.74 Å². The fourth-order valence-electron chi connectivity index (χ4n) is 2.29. The summed E-state index contributed by atoms with van der Waals surface area (Å²) >= 11 is 0. The van der Waals surface area contributed by atoms with Crippen molar-refractivity contribution >= 4 is 11.4 Å². The molecule has 2 nitrogen and oxygen atoms in total. The highest BCUT2D eigenvalue weighted by Crippen LogP contribution is 2.31. The minimum atomic E-state index is 0.398. The number of ether oxygens (including phenoxy) is 1. The zero-order valence-corrected chi connectivity index (χ0v) is 12.1. The van der Waals surface area contributed by atoms with Gasteiger partial charge in [-0.2, -0.15) is 0 Å². The van der Waals surface area contributed by atoms with Crippen LogP contribution in [-0.4, -0.2) is 13.2 Å². The van der Waals surface area contributed by atoms with Gasteiger partial charge in [-0.3, -0.25) is 0 Å². The van der Waals surface area contributed by atoms with Crippen molar-refractivity contribution in [3.05, 3.63) is 54.1 Å². The maximum atomic E-state index is 5.22. The van der Waals surface area contributed by atoms with Gasteiger partial charge in [0.1, 0.15) is 5.75 Å². The van der Waals surface area contributed by atoms with E-state index in [1.54, 1.807) is 7.11 Å². The van der Waals surface area contributed by atoms with Gasteiger partial charge in [-0.05, 0) is 56.7 Å². The summed E-state index contributed by atoms with van der Waals surface area (Å²) in [7, 11) is 1.69. The Kier molecular flexibility index (Phi) is 4.10. The summed E-state index contributed by atoms with van der Waals surface area (Å²) in [5.41, 5.74) is 3.72. The Labute approximate surface area is 115 Å². The third kappa shape index (κ3) is 2.90. The molecule has 0 N–H and O–H groups in total. The van der Waals surface area contributed by atoms with Crippen LogP contribution in [0.4, 0.5) is 11.4 Å². The van der Waals surface area contributed by atoms with Crippen LogP contribution in [0.2, 0.25) is 0 Å². The molecule has 0 atom stereocenters. The lowest BCUT2D eigenvalue weighted by Crippen LogP contribution is -2.26. The smallest absolute Gasteiger partial charge is 0.119 e. The average molecular weight is 255 g/mol. The van der Waals surface area contributed by atoms with E-state index in [1.807, 2.05) is 12.1 Å². The third-order valence-corrected chi connectivity index (χ3v) is 3.24. The first-order chi connectivity index (χ1) is 9.13. The summed E-state index contributed by atoms with van der Waals surface area (Å²) in [6, 6.07) is 17.1. The van der Waals surface area contributed by atoms with Gasteiger partial charge in [0.25, 0.3) is 0 Å².